The predicted molar refractivity (Wildman–Crippen MR) is 116 cm³/mol. The molecule has 1 N–H and O–H groups in total. The first-order valence-corrected chi connectivity index (χ1v) is 11.9. The van der Waals surface area contributed by atoms with Crippen LogP contribution in [0, 0.1) is 0 Å². The van der Waals surface area contributed by atoms with Gasteiger partial charge >= 0.3 is 0 Å². The van der Waals surface area contributed by atoms with E-state index in [4.69, 9.17) is 4.74 Å². The van der Waals surface area contributed by atoms with Crippen molar-refractivity contribution in [2.24, 2.45) is 0 Å². The maximum absolute atomic E-state index is 12.9. The lowest BCUT2D eigenvalue weighted by molar-refractivity contribution is -0.116. The molecule has 7 heteroatoms. The highest BCUT2D eigenvalue weighted by atomic mass is 32.2. The molecular weight excluding hydrogens is 400 g/mol. The van der Waals surface area contributed by atoms with Crippen LogP contribution in [0.25, 0.3) is 0 Å². The van der Waals surface area contributed by atoms with Crippen LogP contribution in [-0.2, 0) is 26.0 Å². The molecule has 0 radical (unpaired) electrons. The normalized spacial score (nSPS) is 24.4. The molecule has 0 saturated carbocycles. The van der Waals surface area contributed by atoms with E-state index in [9.17, 15) is 13.2 Å². The van der Waals surface area contributed by atoms with Crippen LogP contribution in [0.4, 0.5) is 5.69 Å². The molecule has 1 aliphatic heterocycles. The van der Waals surface area contributed by atoms with Gasteiger partial charge in [0.1, 0.15) is 0 Å². The van der Waals surface area contributed by atoms with Crippen LogP contribution >= 0.6 is 0 Å². The van der Waals surface area contributed by atoms with Gasteiger partial charge < -0.3 is 10.1 Å². The minimum atomic E-state index is -3.58. The maximum Gasteiger partial charge on any atom is 0.243 e. The Bertz CT molecular complexity index is 1010. The number of hydrogen-bond donors (Lipinski definition) is 1. The molecule has 1 heterocycles. The highest BCUT2D eigenvalue weighted by Gasteiger charge is 2.32. The number of carbonyl (C=O) groups is 1. The Kier molecular flexibility index (Phi) is 5.95. The first kappa shape index (κ1) is 21.0. The number of rotatable bonds is 5. The van der Waals surface area contributed by atoms with Crippen molar-refractivity contribution in [1.82, 2.24) is 4.31 Å². The van der Waals surface area contributed by atoms with Gasteiger partial charge in [0.2, 0.25) is 15.9 Å². The number of ether oxygens (including phenoxy) is 1. The highest BCUT2D eigenvalue weighted by molar-refractivity contribution is 7.89. The Hall–Kier alpha value is -2.22. The zero-order chi connectivity index (χ0) is 21.3. The van der Waals surface area contributed by atoms with E-state index in [0.717, 1.165) is 12.8 Å². The zero-order valence-corrected chi connectivity index (χ0v) is 18.2. The van der Waals surface area contributed by atoms with Crippen molar-refractivity contribution in [1.29, 1.82) is 0 Å². The number of nitrogens with zero attached hydrogens (tertiary/aromatic N) is 1. The Morgan fingerprint density at radius 3 is 2.43 bits per heavy atom. The number of nitrogens with one attached hydrogen (secondary N) is 1. The first-order valence-electron chi connectivity index (χ1n) is 10.5. The molecule has 6 nitrogen and oxygen atoms in total. The summed E-state index contributed by atoms with van der Waals surface area (Å²) >= 11 is 0. The number of morpholine rings is 1. The molecule has 0 bridgehead atoms. The third-order valence-electron chi connectivity index (χ3n) is 5.85. The maximum atomic E-state index is 12.9. The van der Waals surface area contributed by atoms with E-state index in [-0.39, 0.29) is 28.9 Å². The third kappa shape index (κ3) is 4.43. The number of anilines is 1. The summed E-state index contributed by atoms with van der Waals surface area (Å²) in [4.78, 5) is 12.8. The second-order valence-electron chi connectivity index (χ2n) is 8.29. The highest BCUT2D eigenvalue weighted by Crippen LogP contribution is 2.35. The summed E-state index contributed by atoms with van der Waals surface area (Å²) in [7, 11) is -3.58. The van der Waals surface area contributed by atoms with Gasteiger partial charge in [0, 0.05) is 25.2 Å². The van der Waals surface area contributed by atoms with Crippen molar-refractivity contribution in [3.8, 4) is 0 Å². The molecule has 1 aliphatic carbocycles. The molecule has 2 aliphatic rings. The molecule has 30 heavy (non-hydrogen) atoms. The summed E-state index contributed by atoms with van der Waals surface area (Å²) in [5.74, 6) is 0.189. The minimum absolute atomic E-state index is 0.0526. The molecule has 4 rings (SSSR count). The number of amides is 1. The molecule has 3 unspecified atom stereocenters. The summed E-state index contributed by atoms with van der Waals surface area (Å²) in [6.07, 6.45) is 2.16. The number of hydrogen-bond acceptors (Lipinski definition) is 4. The standard InChI is InChI=1S/C23H28N2O4S/c1-16-14-25(15-17(2)29-16)30(27,28)21-11-9-20(10-12-21)24-23(26)13-19-8-7-18-5-3-4-6-22(18)19/h3-6,9-12,16-17,19H,7-8,13-15H2,1-2H3,(H,24,26). The second-order valence-corrected chi connectivity index (χ2v) is 10.2. The van der Waals surface area contributed by atoms with Crippen LogP contribution < -0.4 is 5.32 Å². The first-order chi connectivity index (χ1) is 14.3. The van der Waals surface area contributed by atoms with Crippen LogP contribution in [0.15, 0.2) is 53.4 Å². The van der Waals surface area contributed by atoms with Gasteiger partial charge in [-0.3, -0.25) is 4.79 Å². The number of benzene rings is 2. The Morgan fingerprint density at radius 1 is 1.07 bits per heavy atom. The fraction of sp³-hybridized carbons (Fsp3) is 0.435. The van der Waals surface area contributed by atoms with E-state index < -0.39 is 10.0 Å². The molecule has 2 aromatic rings. The van der Waals surface area contributed by atoms with Crippen molar-refractivity contribution in [2.75, 3.05) is 18.4 Å². The topological polar surface area (TPSA) is 75.7 Å². The Labute approximate surface area is 178 Å². The van der Waals surface area contributed by atoms with Gasteiger partial charge in [0.15, 0.2) is 0 Å². The van der Waals surface area contributed by atoms with E-state index in [1.807, 2.05) is 26.0 Å². The molecule has 0 aromatic heterocycles. The van der Waals surface area contributed by atoms with Crippen molar-refractivity contribution >= 4 is 21.6 Å². The largest absolute Gasteiger partial charge is 0.373 e. The van der Waals surface area contributed by atoms with E-state index in [1.54, 1.807) is 24.3 Å². The number of aryl methyl sites for hydroxylation is 1. The van der Waals surface area contributed by atoms with Crippen LogP contribution in [-0.4, -0.2) is 43.9 Å². The quantitative estimate of drug-likeness (QED) is 0.790. The van der Waals surface area contributed by atoms with E-state index >= 15 is 0 Å². The van der Waals surface area contributed by atoms with Crippen molar-refractivity contribution in [2.45, 2.75) is 56.1 Å². The number of sulfonamides is 1. The van der Waals surface area contributed by atoms with Crippen molar-refractivity contribution in [3.63, 3.8) is 0 Å². The van der Waals surface area contributed by atoms with Crippen LogP contribution in [0.3, 0.4) is 0 Å². The van der Waals surface area contributed by atoms with Crippen molar-refractivity contribution in [3.05, 3.63) is 59.7 Å². The average molecular weight is 429 g/mol. The van der Waals surface area contributed by atoms with Gasteiger partial charge in [-0.05, 0) is 68.0 Å². The summed E-state index contributed by atoms with van der Waals surface area (Å²) in [5.41, 5.74) is 3.20. The van der Waals surface area contributed by atoms with Gasteiger partial charge in [-0.15, -0.1) is 0 Å². The molecule has 3 atom stereocenters. The lowest BCUT2D eigenvalue weighted by Gasteiger charge is -2.34. The van der Waals surface area contributed by atoms with E-state index in [1.165, 1.54) is 15.4 Å². The minimum Gasteiger partial charge on any atom is -0.373 e. The summed E-state index contributed by atoms with van der Waals surface area (Å²) < 4.78 is 33.0. The number of carbonyl (C=O) groups excluding carboxylic acids is 1. The average Bonchev–Trinajstić information content (AvgIpc) is 3.10. The second kappa shape index (κ2) is 8.49. The van der Waals surface area contributed by atoms with Gasteiger partial charge in [0.05, 0.1) is 17.1 Å². The fourth-order valence-electron chi connectivity index (χ4n) is 4.48. The zero-order valence-electron chi connectivity index (χ0n) is 17.4. The predicted octanol–water partition coefficient (Wildman–Crippen LogP) is 3.54. The third-order valence-corrected chi connectivity index (χ3v) is 7.70. The molecule has 160 valence electrons. The number of fused-ring (bicyclic) bond motifs is 1. The summed E-state index contributed by atoms with van der Waals surface area (Å²) in [5, 5.41) is 2.90. The lowest BCUT2D eigenvalue weighted by atomic mass is 9.97. The van der Waals surface area contributed by atoms with Gasteiger partial charge in [0.25, 0.3) is 0 Å². The Morgan fingerprint density at radius 2 is 1.73 bits per heavy atom. The monoisotopic (exact) mass is 428 g/mol. The van der Waals surface area contributed by atoms with Crippen LogP contribution in [0.5, 0.6) is 0 Å². The van der Waals surface area contributed by atoms with Gasteiger partial charge in [-0.2, -0.15) is 4.31 Å². The summed E-state index contributed by atoms with van der Waals surface area (Å²) in [6.45, 7) is 4.43. The molecule has 1 saturated heterocycles. The fourth-order valence-corrected chi connectivity index (χ4v) is 6.07. The summed E-state index contributed by atoms with van der Waals surface area (Å²) in [6, 6.07) is 14.7. The molecule has 2 aromatic carbocycles. The molecule has 1 amide bonds. The van der Waals surface area contributed by atoms with Gasteiger partial charge in [-0.1, -0.05) is 24.3 Å². The molecule has 1 fully saturated rings. The van der Waals surface area contributed by atoms with Gasteiger partial charge in [-0.25, -0.2) is 8.42 Å². The smallest absolute Gasteiger partial charge is 0.243 e. The van der Waals surface area contributed by atoms with E-state index in [2.05, 4.69) is 17.4 Å². The molecular formula is C23H28N2O4S. The van der Waals surface area contributed by atoms with Crippen LogP contribution in [0.2, 0.25) is 0 Å². The van der Waals surface area contributed by atoms with Crippen LogP contribution in [0.1, 0.15) is 43.7 Å². The SMILES string of the molecule is CC1CN(S(=O)(=O)c2ccc(NC(=O)CC3CCc4ccccc43)cc2)CC(C)O1. The molecule has 0 spiro atoms. The van der Waals surface area contributed by atoms with E-state index in [0.29, 0.717) is 25.2 Å². The lowest BCUT2D eigenvalue weighted by Crippen LogP contribution is -2.48. The Balaban J connectivity index is 1.39. The van der Waals surface area contributed by atoms with Crippen molar-refractivity contribution < 1.29 is 17.9 Å².